The van der Waals surface area contributed by atoms with E-state index in [4.69, 9.17) is 17.0 Å². The quantitative estimate of drug-likeness (QED) is 0.298. The first kappa shape index (κ1) is 26.6. The average molecular weight is 569 g/mol. The van der Waals surface area contributed by atoms with Gasteiger partial charge in [0.05, 0.1) is 17.1 Å². The molecular weight excluding hydrogens is 538 g/mol. The second kappa shape index (κ2) is 12.6. The summed E-state index contributed by atoms with van der Waals surface area (Å²) in [5, 5.41) is 5.70. The number of thiocarbonyl (C=S) groups is 1. The summed E-state index contributed by atoms with van der Waals surface area (Å²) < 4.78 is 33.4. The molecule has 2 aromatic carbocycles. The van der Waals surface area contributed by atoms with Gasteiger partial charge in [-0.15, -0.1) is 0 Å². The number of nitrogens with one attached hydrogen (secondary N) is 2. The van der Waals surface area contributed by atoms with Crippen LogP contribution < -0.4 is 15.4 Å². The predicted octanol–water partition coefficient (Wildman–Crippen LogP) is 5.32. The van der Waals surface area contributed by atoms with Gasteiger partial charge in [-0.25, -0.2) is 8.42 Å². The summed E-state index contributed by atoms with van der Waals surface area (Å²) in [4.78, 5) is 13.1. The molecule has 0 radical (unpaired) electrons. The Morgan fingerprint density at radius 3 is 2.47 bits per heavy atom. The Hall–Kier alpha value is -2.01. The van der Waals surface area contributed by atoms with Crippen LogP contribution in [0.2, 0.25) is 0 Å². The van der Waals surface area contributed by atoms with Crippen molar-refractivity contribution >= 4 is 54.9 Å². The van der Waals surface area contributed by atoms with E-state index in [1.54, 1.807) is 36.4 Å². The largest absolute Gasteiger partial charge is 0.493 e. The van der Waals surface area contributed by atoms with Gasteiger partial charge in [0.25, 0.3) is 5.91 Å². The van der Waals surface area contributed by atoms with Crippen LogP contribution in [0.5, 0.6) is 5.75 Å². The van der Waals surface area contributed by atoms with E-state index in [0.717, 1.165) is 43.0 Å². The van der Waals surface area contributed by atoms with Crippen LogP contribution >= 0.6 is 28.1 Å². The Labute approximate surface area is 215 Å². The number of anilines is 1. The molecule has 0 spiro atoms. The van der Waals surface area contributed by atoms with Gasteiger partial charge in [-0.05, 0) is 73.9 Å². The van der Waals surface area contributed by atoms with Crippen molar-refractivity contribution in [3.8, 4) is 5.75 Å². The first-order chi connectivity index (χ1) is 16.3. The normalized spacial score (nSPS) is 14.1. The van der Waals surface area contributed by atoms with E-state index < -0.39 is 15.9 Å². The molecule has 0 bridgehead atoms. The topological polar surface area (TPSA) is 87.7 Å². The standard InChI is InChI=1S/C24H30BrN3O4S2/c1-2-3-4-7-16-32-22-13-8-18(25)17-21(22)23(29)27-24(33)26-19-9-11-20(12-10-19)34(30,31)28-14-5-6-15-28/h8-13,17H,2-7,14-16H2,1H3,(H2,26,27,29,33). The highest BCUT2D eigenvalue weighted by atomic mass is 79.9. The number of unbranched alkanes of at least 4 members (excludes halogenated alkanes) is 3. The van der Waals surface area contributed by atoms with Gasteiger partial charge in [0, 0.05) is 23.2 Å². The molecule has 184 valence electrons. The molecule has 1 aliphatic rings. The van der Waals surface area contributed by atoms with E-state index in [9.17, 15) is 13.2 Å². The van der Waals surface area contributed by atoms with E-state index in [0.29, 0.717) is 36.7 Å². The molecule has 10 heteroatoms. The van der Waals surface area contributed by atoms with Gasteiger partial charge < -0.3 is 10.1 Å². The molecule has 7 nitrogen and oxygen atoms in total. The summed E-state index contributed by atoms with van der Waals surface area (Å²) in [5.41, 5.74) is 0.952. The Morgan fingerprint density at radius 1 is 1.09 bits per heavy atom. The zero-order valence-corrected chi connectivity index (χ0v) is 22.4. The van der Waals surface area contributed by atoms with Gasteiger partial charge in [-0.2, -0.15) is 4.31 Å². The van der Waals surface area contributed by atoms with E-state index in [-0.39, 0.29) is 10.0 Å². The van der Waals surface area contributed by atoms with Gasteiger partial charge >= 0.3 is 0 Å². The molecule has 2 N–H and O–H groups in total. The third kappa shape index (κ3) is 7.24. The summed E-state index contributed by atoms with van der Waals surface area (Å²) in [6.45, 7) is 3.80. The van der Waals surface area contributed by atoms with Crippen molar-refractivity contribution in [2.75, 3.05) is 25.0 Å². The molecule has 1 saturated heterocycles. The van der Waals surface area contributed by atoms with Gasteiger partial charge in [0.15, 0.2) is 5.11 Å². The number of hydrogen-bond donors (Lipinski definition) is 2. The fourth-order valence-electron chi connectivity index (χ4n) is 3.64. The second-order valence-electron chi connectivity index (χ2n) is 8.09. The number of halogens is 1. The molecule has 1 fully saturated rings. The minimum Gasteiger partial charge on any atom is -0.493 e. The molecule has 0 aromatic heterocycles. The number of sulfonamides is 1. The minimum atomic E-state index is -3.48. The third-order valence-corrected chi connectivity index (χ3v) is 8.09. The molecule has 0 aliphatic carbocycles. The van der Waals surface area contributed by atoms with Crippen LogP contribution in [0.15, 0.2) is 51.8 Å². The first-order valence-electron chi connectivity index (χ1n) is 11.5. The summed E-state index contributed by atoms with van der Waals surface area (Å²) in [6, 6.07) is 11.6. The van der Waals surface area contributed by atoms with Gasteiger partial charge in [-0.3, -0.25) is 10.1 Å². The van der Waals surface area contributed by atoms with E-state index in [1.807, 2.05) is 6.07 Å². The van der Waals surface area contributed by atoms with Crippen LogP contribution in [0.25, 0.3) is 0 Å². The smallest absolute Gasteiger partial charge is 0.261 e. The van der Waals surface area contributed by atoms with Crippen molar-refractivity contribution in [2.24, 2.45) is 0 Å². The number of ether oxygens (including phenoxy) is 1. The summed E-state index contributed by atoms with van der Waals surface area (Å²) >= 11 is 8.69. The minimum absolute atomic E-state index is 0.106. The van der Waals surface area contributed by atoms with Crippen LogP contribution in [-0.2, 0) is 10.0 Å². The zero-order valence-electron chi connectivity index (χ0n) is 19.2. The monoisotopic (exact) mass is 567 g/mol. The Balaban J connectivity index is 1.59. The van der Waals surface area contributed by atoms with Crippen molar-refractivity contribution < 1.29 is 17.9 Å². The van der Waals surface area contributed by atoms with Crippen LogP contribution in [0.1, 0.15) is 55.8 Å². The lowest BCUT2D eigenvalue weighted by molar-refractivity contribution is 0.0973. The fraction of sp³-hybridized carbons (Fsp3) is 0.417. The molecule has 0 atom stereocenters. The van der Waals surface area contributed by atoms with Crippen molar-refractivity contribution in [3.05, 3.63) is 52.5 Å². The van der Waals surface area contributed by atoms with E-state index in [1.165, 1.54) is 4.31 Å². The fourth-order valence-corrected chi connectivity index (χ4v) is 5.73. The van der Waals surface area contributed by atoms with Gasteiger partial charge in [0.2, 0.25) is 10.0 Å². The first-order valence-corrected chi connectivity index (χ1v) is 14.1. The molecule has 1 aliphatic heterocycles. The van der Waals surface area contributed by atoms with Crippen molar-refractivity contribution in [1.82, 2.24) is 9.62 Å². The third-order valence-electron chi connectivity index (χ3n) is 5.48. The maximum atomic E-state index is 12.9. The Morgan fingerprint density at radius 2 is 1.79 bits per heavy atom. The number of rotatable bonds is 10. The lowest BCUT2D eigenvalue weighted by atomic mass is 10.2. The second-order valence-corrected chi connectivity index (χ2v) is 11.4. The van der Waals surface area contributed by atoms with Crippen LogP contribution in [0, 0.1) is 0 Å². The lowest BCUT2D eigenvalue weighted by Gasteiger charge is -2.16. The van der Waals surface area contributed by atoms with Gasteiger partial charge in [0.1, 0.15) is 5.75 Å². The van der Waals surface area contributed by atoms with E-state index >= 15 is 0 Å². The Kier molecular flexibility index (Phi) is 9.87. The molecule has 1 heterocycles. The van der Waals surface area contributed by atoms with Crippen molar-refractivity contribution in [2.45, 2.75) is 50.3 Å². The lowest BCUT2D eigenvalue weighted by Crippen LogP contribution is -2.34. The number of carbonyl (C=O) groups is 1. The molecule has 0 unspecified atom stereocenters. The predicted molar refractivity (Wildman–Crippen MR) is 142 cm³/mol. The number of carbonyl (C=O) groups excluding carboxylic acids is 1. The summed E-state index contributed by atoms with van der Waals surface area (Å²) in [7, 11) is -3.48. The summed E-state index contributed by atoms with van der Waals surface area (Å²) in [5.74, 6) is 0.104. The highest BCUT2D eigenvalue weighted by Crippen LogP contribution is 2.24. The van der Waals surface area contributed by atoms with Crippen LogP contribution in [0.3, 0.4) is 0 Å². The number of nitrogens with zero attached hydrogens (tertiary/aromatic N) is 1. The highest BCUT2D eigenvalue weighted by Gasteiger charge is 2.27. The molecule has 34 heavy (non-hydrogen) atoms. The molecule has 0 saturated carbocycles. The average Bonchev–Trinajstić information content (AvgIpc) is 3.36. The maximum absolute atomic E-state index is 12.9. The van der Waals surface area contributed by atoms with E-state index in [2.05, 4.69) is 33.5 Å². The van der Waals surface area contributed by atoms with Crippen molar-refractivity contribution in [1.29, 1.82) is 0 Å². The van der Waals surface area contributed by atoms with Crippen LogP contribution in [0.4, 0.5) is 5.69 Å². The summed E-state index contributed by atoms with van der Waals surface area (Å²) in [6.07, 6.45) is 6.08. The maximum Gasteiger partial charge on any atom is 0.261 e. The zero-order chi connectivity index (χ0) is 24.6. The van der Waals surface area contributed by atoms with Crippen LogP contribution in [-0.4, -0.2) is 43.4 Å². The van der Waals surface area contributed by atoms with Gasteiger partial charge in [-0.1, -0.05) is 42.1 Å². The highest BCUT2D eigenvalue weighted by molar-refractivity contribution is 9.10. The number of hydrogen-bond acceptors (Lipinski definition) is 5. The molecule has 1 amide bonds. The SMILES string of the molecule is CCCCCCOc1ccc(Br)cc1C(=O)NC(=S)Nc1ccc(S(=O)(=O)N2CCCC2)cc1. The Bertz CT molecular complexity index is 1100. The number of amides is 1. The molecule has 3 rings (SSSR count). The van der Waals surface area contributed by atoms with Crippen molar-refractivity contribution in [3.63, 3.8) is 0 Å². The number of benzene rings is 2. The molecular formula is C24H30BrN3O4S2. The molecule has 2 aromatic rings.